The summed E-state index contributed by atoms with van der Waals surface area (Å²) in [4.78, 5) is 11.0. The van der Waals surface area contributed by atoms with Crippen LogP contribution in [0.2, 0.25) is 0 Å². The predicted octanol–water partition coefficient (Wildman–Crippen LogP) is 3.32. The molecule has 0 amide bonds. The van der Waals surface area contributed by atoms with E-state index in [0.29, 0.717) is 13.1 Å². The highest BCUT2D eigenvalue weighted by atomic mass is 15.3. The Labute approximate surface area is 182 Å². The van der Waals surface area contributed by atoms with Crippen LogP contribution in [0, 0.1) is 0 Å². The zero-order valence-electron chi connectivity index (χ0n) is 17.9. The fraction of sp³-hybridized carbons (Fsp3) is 0.208. The average molecular weight is 414 g/mol. The zero-order valence-corrected chi connectivity index (χ0v) is 17.9. The van der Waals surface area contributed by atoms with Gasteiger partial charge in [0.05, 0.1) is 18.4 Å². The second-order valence-corrected chi connectivity index (χ2v) is 7.34. The van der Waals surface area contributed by atoms with Crippen molar-refractivity contribution in [2.24, 2.45) is 4.99 Å². The number of para-hydroxylation sites is 1. The summed E-state index contributed by atoms with van der Waals surface area (Å²) in [6, 6.07) is 20.5. The molecule has 1 N–H and O–H groups in total. The Morgan fingerprint density at radius 3 is 2.52 bits per heavy atom. The van der Waals surface area contributed by atoms with Crippen molar-refractivity contribution >= 4 is 5.96 Å². The van der Waals surface area contributed by atoms with Gasteiger partial charge in [-0.3, -0.25) is 4.99 Å². The van der Waals surface area contributed by atoms with Crippen LogP contribution in [0.4, 0.5) is 0 Å². The van der Waals surface area contributed by atoms with E-state index in [4.69, 9.17) is 0 Å². The minimum Gasteiger partial charge on any atom is -0.349 e. The van der Waals surface area contributed by atoms with Crippen molar-refractivity contribution in [1.29, 1.82) is 0 Å². The molecule has 2 aromatic heterocycles. The van der Waals surface area contributed by atoms with Crippen molar-refractivity contribution in [1.82, 2.24) is 29.5 Å². The lowest BCUT2D eigenvalue weighted by Gasteiger charge is -2.21. The van der Waals surface area contributed by atoms with Crippen LogP contribution in [-0.4, -0.2) is 44.3 Å². The normalized spacial score (nSPS) is 11.5. The number of aromatic nitrogens is 4. The summed E-state index contributed by atoms with van der Waals surface area (Å²) in [7, 11) is 3.81. The summed E-state index contributed by atoms with van der Waals surface area (Å²) >= 11 is 0. The van der Waals surface area contributed by atoms with Gasteiger partial charge in [0.2, 0.25) is 0 Å². The number of rotatable bonds is 7. The van der Waals surface area contributed by atoms with Gasteiger partial charge in [0, 0.05) is 51.3 Å². The molecule has 0 bridgehead atoms. The molecule has 0 atom stereocenters. The van der Waals surface area contributed by atoms with E-state index in [9.17, 15) is 0 Å². The molecule has 0 saturated carbocycles. The molecule has 0 saturated heterocycles. The third kappa shape index (κ3) is 5.19. The summed E-state index contributed by atoms with van der Waals surface area (Å²) < 4.78 is 4.04. The van der Waals surface area contributed by atoms with Crippen LogP contribution in [0.15, 0.2) is 90.4 Å². The number of hydrogen-bond donors (Lipinski definition) is 1. The first-order chi connectivity index (χ1) is 15.2. The van der Waals surface area contributed by atoms with Gasteiger partial charge in [-0.15, -0.1) is 0 Å². The Bertz CT molecular complexity index is 1110. The number of nitrogens with one attached hydrogen (secondary N) is 1. The van der Waals surface area contributed by atoms with Gasteiger partial charge in [0.15, 0.2) is 5.96 Å². The number of benzene rings is 2. The highest BCUT2D eigenvalue weighted by Gasteiger charge is 2.11. The third-order valence-corrected chi connectivity index (χ3v) is 5.05. The first-order valence-electron chi connectivity index (χ1n) is 10.3. The molecule has 4 rings (SSSR count). The van der Waals surface area contributed by atoms with Gasteiger partial charge in [-0.25, -0.2) is 9.67 Å². The molecule has 0 aliphatic heterocycles. The summed E-state index contributed by atoms with van der Waals surface area (Å²) in [5, 5.41) is 7.90. The zero-order chi connectivity index (χ0) is 21.5. The molecule has 0 aliphatic carbocycles. The van der Waals surface area contributed by atoms with Crippen molar-refractivity contribution in [2.45, 2.75) is 19.6 Å². The average Bonchev–Trinajstić information content (AvgIpc) is 3.45. The van der Waals surface area contributed by atoms with Gasteiger partial charge in [-0.1, -0.05) is 48.5 Å². The molecular formula is C24H27N7. The van der Waals surface area contributed by atoms with Crippen LogP contribution in [0.3, 0.4) is 0 Å². The number of imidazole rings is 1. The Hall–Kier alpha value is -3.87. The van der Waals surface area contributed by atoms with E-state index in [0.717, 1.165) is 29.6 Å². The van der Waals surface area contributed by atoms with Gasteiger partial charge in [0.25, 0.3) is 0 Å². The molecule has 0 spiro atoms. The standard InChI is InChI=1S/C24H27N7/c1-25-24(27-16-23-26-13-14-30(23)18-20-9-5-3-6-10-20)29(2)17-21-15-28-31(19-21)22-11-7-4-8-12-22/h3-15,19H,16-18H2,1-2H3,(H,25,27). The Kier molecular flexibility index (Phi) is 6.42. The minimum atomic E-state index is 0.597. The van der Waals surface area contributed by atoms with Crippen LogP contribution in [0.1, 0.15) is 17.0 Å². The van der Waals surface area contributed by atoms with Crippen LogP contribution in [-0.2, 0) is 19.6 Å². The third-order valence-electron chi connectivity index (χ3n) is 5.05. The maximum absolute atomic E-state index is 4.51. The van der Waals surface area contributed by atoms with Crippen LogP contribution >= 0.6 is 0 Å². The largest absolute Gasteiger partial charge is 0.349 e. The van der Waals surface area contributed by atoms with Crippen LogP contribution in [0.5, 0.6) is 0 Å². The van der Waals surface area contributed by atoms with Gasteiger partial charge >= 0.3 is 0 Å². The van der Waals surface area contributed by atoms with Gasteiger partial charge in [-0.05, 0) is 17.7 Å². The van der Waals surface area contributed by atoms with Crippen molar-refractivity contribution in [3.63, 3.8) is 0 Å². The number of aliphatic imine (C=N–C) groups is 1. The number of guanidine groups is 1. The minimum absolute atomic E-state index is 0.597. The molecule has 4 aromatic rings. The van der Waals surface area contributed by atoms with E-state index < -0.39 is 0 Å². The molecular weight excluding hydrogens is 386 g/mol. The van der Waals surface area contributed by atoms with E-state index >= 15 is 0 Å². The van der Waals surface area contributed by atoms with Gasteiger partial charge < -0.3 is 14.8 Å². The number of hydrogen-bond acceptors (Lipinski definition) is 3. The monoisotopic (exact) mass is 413 g/mol. The van der Waals surface area contributed by atoms with Crippen molar-refractivity contribution in [2.75, 3.05) is 14.1 Å². The van der Waals surface area contributed by atoms with Crippen LogP contribution < -0.4 is 5.32 Å². The smallest absolute Gasteiger partial charge is 0.194 e. The van der Waals surface area contributed by atoms with Crippen LogP contribution in [0.25, 0.3) is 5.69 Å². The summed E-state index contributed by atoms with van der Waals surface area (Å²) in [5.74, 6) is 1.78. The highest BCUT2D eigenvalue weighted by molar-refractivity contribution is 5.79. The van der Waals surface area contributed by atoms with E-state index in [1.807, 2.05) is 72.9 Å². The van der Waals surface area contributed by atoms with E-state index in [1.54, 1.807) is 7.05 Å². The predicted molar refractivity (Wildman–Crippen MR) is 123 cm³/mol. The molecule has 7 nitrogen and oxygen atoms in total. The second-order valence-electron chi connectivity index (χ2n) is 7.34. The summed E-state index contributed by atoms with van der Waals surface area (Å²) in [6.45, 7) is 2.09. The first kappa shape index (κ1) is 20.4. The molecule has 158 valence electrons. The van der Waals surface area contributed by atoms with E-state index in [1.165, 1.54) is 5.56 Å². The number of nitrogens with zero attached hydrogens (tertiary/aromatic N) is 6. The maximum Gasteiger partial charge on any atom is 0.194 e. The highest BCUT2D eigenvalue weighted by Crippen LogP contribution is 2.10. The topological polar surface area (TPSA) is 63.3 Å². The lowest BCUT2D eigenvalue weighted by molar-refractivity contribution is 0.474. The first-order valence-corrected chi connectivity index (χ1v) is 10.3. The fourth-order valence-corrected chi connectivity index (χ4v) is 3.49. The van der Waals surface area contributed by atoms with E-state index in [-0.39, 0.29) is 0 Å². The summed E-state index contributed by atoms with van der Waals surface area (Å²) in [6.07, 6.45) is 7.79. The Morgan fingerprint density at radius 2 is 1.77 bits per heavy atom. The molecule has 7 heteroatoms. The van der Waals surface area contributed by atoms with E-state index in [2.05, 4.69) is 54.1 Å². The second kappa shape index (κ2) is 9.75. The van der Waals surface area contributed by atoms with Gasteiger partial charge in [-0.2, -0.15) is 5.10 Å². The van der Waals surface area contributed by atoms with Crippen molar-refractivity contribution in [3.8, 4) is 5.69 Å². The molecule has 0 aliphatic rings. The molecule has 0 fully saturated rings. The van der Waals surface area contributed by atoms with Crippen molar-refractivity contribution < 1.29 is 0 Å². The quantitative estimate of drug-likeness (QED) is 0.373. The van der Waals surface area contributed by atoms with Gasteiger partial charge in [0.1, 0.15) is 5.82 Å². The molecule has 2 heterocycles. The Morgan fingerprint density at radius 1 is 1.03 bits per heavy atom. The molecule has 31 heavy (non-hydrogen) atoms. The molecule has 0 radical (unpaired) electrons. The maximum atomic E-state index is 4.51. The van der Waals surface area contributed by atoms with Crippen molar-refractivity contribution in [3.05, 3.63) is 102 Å². The molecule has 2 aromatic carbocycles. The molecule has 0 unspecified atom stereocenters. The lowest BCUT2D eigenvalue weighted by Crippen LogP contribution is -2.38. The SMILES string of the molecule is CN=C(NCc1nccn1Cc1ccccc1)N(C)Cc1cnn(-c2ccccc2)c1. The lowest BCUT2D eigenvalue weighted by atomic mass is 10.2. The Balaban J connectivity index is 1.36. The fourth-order valence-electron chi connectivity index (χ4n) is 3.49. The summed E-state index contributed by atoms with van der Waals surface area (Å²) in [5.41, 5.74) is 3.41.